The molecule has 6 nitrogen and oxygen atoms in total. The van der Waals surface area contributed by atoms with Gasteiger partial charge in [-0.15, -0.1) is 0 Å². The van der Waals surface area contributed by atoms with Gasteiger partial charge in [-0.2, -0.15) is 0 Å². The molecule has 23 heavy (non-hydrogen) atoms. The van der Waals surface area contributed by atoms with Gasteiger partial charge in [0.1, 0.15) is 5.60 Å². The minimum atomic E-state index is -0.611. The Kier molecular flexibility index (Phi) is 6.81. The van der Waals surface area contributed by atoms with Crippen LogP contribution in [0.3, 0.4) is 0 Å². The molecular formula is C16H23ClN2O4. The Morgan fingerprint density at radius 3 is 2.52 bits per heavy atom. The lowest BCUT2D eigenvalue weighted by Crippen LogP contribution is -2.35. The van der Waals surface area contributed by atoms with Crippen LogP contribution >= 0.6 is 11.6 Å². The van der Waals surface area contributed by atoms with Crippen LogP contribution in [0.2, 0.25) is 5.02 Å². The highest BCUT2D eigenvalue weighted by Gasteiger charge is 2.25. The van der Waals surface area contributed by atoms with Gasteiger partial charge in [-0.25, -0.2) is 9.59 Å². The van der Waals surface area contributed by atoms with Crippen molar-refractivity contribution in [3.8, 4) is 0 Å². The van der Waals surface area contributed by atoms with E-state index in [1.807, 2.05) is 6.92 Å². The van der Waals surface area contributed by atoms with Crippen molar-refractivity contribution >= 4 is 23.7 Å². The Labute approximate surface area is 141 Å². The molecule has 1 aromatic rings. The number of ether oxygens (including phenoxy) is 2. The number of hydrogen-bond acceptors (Lipinski definition) is 5. The van der Waals surface area contributed by atoms with E-state index in [4.69, 9.17) is 21.1 Å². The molecule has 0 unspecified atom stereocenters. The van der Waals surface area contributed by atoms with Crippen molar-refractivity contribution in [2.75, 3.05) is 6.61 Å². The highest BCUT2D eigenvalue weighted by Crippen LogP contribution is 2.23. The SMILES string of the molecule is CCOC(=O)c1cc(Cl)cnc1[C@H](CC)NC(=O)OC(C)(C)C. The molecule has 1 aromatic heterocycles. The Bertz CT molecular complexity index is 570. The fourth-order valence-electron chi connectivity index (χ4n) is 1.91. The maximum Gasteiger partial charge on any atom is 0.408 e. The first-order chi connectivity index (χ1) is 10.7. The van der Waals surface area contributed by atoms with E-state index in [1.54, 1.807) is 27.7 Å². The van der Waals surface area contributed by atoms with Crippen LogP contribution in [0.1, 0.15) is 63.1 Å². The predicted molar refractivity (Wildman–Crippen MR) is 87.6 cm³/mol. The summed E-state index contributed by atoms with van der Waals surface area (Å²) < 4.78 is 10.3. The van der Waals surface area contributed by atoms with E-state index in [1.165, 1.54) is 12.3 Å². The number of carbonyl (C=O) groups excluding carboxylic acids is 2. The number of nitrogens with one attached hydrogen (secondary N) is 1. The summed E-state index contributed by atoms with van der Waals surface area (Å²) in [7, 11) is 0. The van der Waals surface area contributed by atoms with Gasteiger partial charge in [0.05, 0.1) is 28.9 Å². The fourth-order valence-corrected chi connectivity index (χ4v) is 2.07. The molecule has 1 N–H and O–H groups in total. The third-order valence-corrected chi connectivity index (χ3v) is 3.02. The molecule has 0 aromatic carbocycles. The second kappa shape index (κ2) is 8.15. The zero-order valence-electron chi connectivity index (χ0n) is 14.1. The topological polar surface area (TPSA) is 77.5 Å². The molecular weight excluding hydrogens is 320 g/mol. The minimum Gasteiger partial charge on any atom is -0.462 e. The van der Waals surface area contributed by atoms with E-state index in [2.05, 4.69) is 10.3 Å². The Morgan fingerprint density at radius 2 is 2.00 bits per heavy atom. The van der Waals surface area contributed by atoms with Crippen LogP contribution in [0.25, 0.3) is 0 Å². The standard InChI is InChI=1S/C16H23ClN2O4/c1-6-12(19-15(21)23-16(3,4)5)13-11(14(20)22-7-2)8-10(17)9-18-13/h8-9,12H,6-7H2,1-5H3,(H,19,21)/t12-/m0/s1. The van der Waals surface area contributed by atoms with Crippen LogP contribution in [-0.2, 0) is 9.47 Å². The summed E-state index contributed by atoms with van der Waals surface area (Å²) in [6.45, 7) is 9.15. The summed E-state index contributed by atoms with van der Waals surface area (Å²) in [5.74, 6) is -0.526. The smallest absolute Gasteiger partial charge is 0.408 e. The van der Waals surface area contributed by atoms with E-state index < -0.39 is 23.7 Å². The minimum absolute atomic E-state index is 0.237. The number of carbonyl (C=O) groups is 2. The van der Waals surface area contributed by atoms with Crippen molar-refractivity contribution < 1.29 is 19.1 Å². The van der Waals surface area contributed by atoms with Gasteiger partial charge >= 0.3 is 12.1 Å². The maximum atomic E-state index is 12.1. The van der Waals surface area contributed by atoms with Crippen molar-refractivity contribution in [2.45, 2.75) is 52.7 Å². The summed E-state index contributed by atoms with van der Waals surface area (Å²) in [4.78, 5) is 28.3. The maximum absolute atomic E-state index is 12.1. The van der Waals surface area contributed by atoms with Crippen LogP contribution < -0.4 is 5.32 Å². The number of hydrogen-bond donors (Lipinski definition) is 1. The molecule has 1 amide bonds. The molecule has 0 spiro atoms. The summed E-state index contributed by atoms with van der Waals surface area (Å²) in [6, 6.07) is 1.00. The number of pyridine rings is 1. The first-order valence-electron chi connectivity index (χ1n) is 7.50. The number of aromatic nitrogens is 1. The van der Waals surface area contributed by atoms with Crippen LogP contribution in [-0.4, -0.2) is 29.3 Å². The number of rotatable bonds is 5. The van der Waals surface area contributed by atoms with E-state index in [-0.39, 0.29) is 12.2 Å². The zero-order valence-corrected chi connectivity index (χ0v) is 14.9. The van der Waals surface area contributed by atoms with Crippen LogP contribution in [0.15, 0.2) is 12.3 Å². The van der Waals surface area contributed by atoms with Crippen molar-refractivity contribution in [3.63, 3.8) is 0 Å². The molecule has 0 aliphatic heterocycles. The van der Waals surface area contributed by atoms with Gasteiger partial charge in [0.25, 0.3) is 0 Å². The monoisotopic (exact) mass is 342 g/mol. The molecule has 0 aliphatic rings. The molecule has 7 heteroatoms. The number of halogens is 1. The van der Waals surface area contributed by atoms with Gasteiger partial charge in [0.15, 0.2) is 0 Å². The molecule has 0 radical (unpaired) electrons. The Hall–Kier alpha value is -1.82. The second-order valence-electron chi connectivity index (χ2n) is 5.91. The molecule has 0 saturated heterocycles. The second-order valence-corrected chi connectivity index (χ2v) is 6.35. The van der Waals surface area contributed by atoms with E-state index >= 15 is 0 Å². The van der Waals surface area contributed by atoms with Gasteiger partial charge in [-0.05, 0) is 40.2 Å². The Morgan fingerprint density at radius 1 is 1.35 bits per heavy atom. The van der Waals surface area contributed by atoms with Crippen molar-refractivity contribution in [1.29, 1.82) is 0 Å². The molecule has 0 saturated carbocycles. The van der Waals surface area contributed by atoms with Crippen LogP contribution in [0.4, 0.5) is 4.79 Å². The Balaban J connectivity index is 3.05. The summed E-state index contributed by atoms with van der Waals surface area (Å²) in [6.07, 6.45) is 1.38. The summed E-state index contributed by atoms with van der Waals surface area (Å²) in [5.41, 5.74) is 0.0308. The average Bonchev–Trinajstić information content (AvgIpc) is 2.43. The molecule has 128 valence electrons. The lowest BCUT2D eigenvalue weighted by molar-refractivity contribution is 0.0483. The zero-order chi connectivity index (χ0) is 17.6. The predicted octanol–water partition coefficient (Wildman–Crippen LogP) is 3.89. The van der Waals surface area contributed by atoms with E-state index in [9.17, 15) is 9.59 Å². The molecule has 0 aliphatic carbocycles. The lowest BCUT2D eigenvalue weighted by atomic mass is 10.0. The molecule has 1 rings (SSSR count). The van der Waals surface area contributed by atoms with Crippen LogP contribution in [0, 0.1) is 0 Å². The summed E-state index contributed by atoms with van der Waals surface area (Å²) in [5, 5.41) is 3.04. The van der Waals surface area contributed by atoms with Crippen molar-refractivity contribution in [2.24, 2.45) is 0 Å². The molecule has 0 fully saturated rings. The molecule has 1 heterocycles. The number of alkyl carbamates (subject to hydrolysis) is 1. The van der Waals surface area contributed by atoms with E-state index in [0.29, 0.717) is 17.1 Å². The largest absolute Gasteiger partial charge is 0.462 e. The number of esters is 1. The number of amides is 1. The first kappa shape index (κ1) is 19.2. The number of nitrogens with zero attached hydrogens (tertiary/aromatic N) is 1. The lowest BCUT2D eigenvalue weighted by Gasteiger charge is -2.23. The normalized spacial score (nSPS) is 12.4. The highest BCUT2D eigenvalue weighted by atomic mass is 35.5. The van der Waals surface area contributed by atoms with Crippen molar-refractivity contribution in [1.82, 2.24) is 10.3 Å². The van der Waals surface area contributed by atoms with Gasteiger partial charge in [-0.3, -0.25) is 4.98 Å². The highest BCUT2D eigenvalue weighted by molar-refractivity contribution is 6.30. The van der Waals surface area contributed by atoms with Gasteiger partial charge in [0, 0.05) is 6.20 Å². The quantitative estimate of drug-likeness (QED) is 0.821. The van der Waals surface area contributed by atoms with Crippen LogP contribution in [0.5, 0.6) is 0 Å². The molecule has 1 atom stereocenters. The van der Waals surface area contributed by atoms with Gasteiger partial charge in [-0.1, -0.05) is 18.5 Å². The van der Waals surface area contributed by atoms with Gasteiger partial charge < -0.3 is 14.8 Å². The first-order valence-corrected chi connectivity index (χ1v) is 7.87. The average molecular weight is 343 g/mol. The molecule has 0 bridgehead atoms. The van der Waals surface area contributed by atoms with Gasteiger partial charge in [0.2, 0.25) is 0 Å². The fraction of sp³-hybridized carbons (Fsp3) is 0.562. The van der Waals surface area contributed by atoms with Crippen molar-refractivity contribution in [3.05, 3.63) is 28.5 Å². The third-order valence-electron chi connectivity index (χ3n) is 2.81. The third kappa shape index (κ3) is 6.06. The summed E-state index contributed by atoms with van der Waals surface area (Å²) >= 11 is 5.92. The van der Waals surface area contributed by atoms with E-state index in [0.717, 1.165) is 0 Å².